The summed E-state index contributed by atoms with van der Waals surface area (Å²) < 4.78 is 0. The smallest absolute Gasteiger partial charge is 0.337 e. The molecule has 6 heteroatoms. The van der Waals surface area contributed by atoms with E-state index in [0.717, 1.165) is 6.04 Å². The van der Waals surface area contributed by atoms with Crippen molar-refractivity contribution < 1.29 is 9.90 Å². The Hall–Kier alpha value is -2.21. The Morgan fingerprint density at radius 3 is 2.55 bits per heavy atom. The highest BCUT2D eigenvalue weighted by Crippen LogP contribution is 2.11. The van der Waals surface area contributed by atoms with Crippen LogP contribution in [0.5, 0.6) is 0 Å². The van der Waals surface area contributed by atoms with Crippen LogP contribution in [0.1, 0.15) is 30.1 Å². The summed E-state index contributed by atoms with van der Waals surface area (Å²) in [5, 5.41) is 20.0. The zero-order chi connectivity index (χ0) is 14.4. The summed E-state index contributed by atoms with van der Waals surface area (Å²) in [6, 6.07) is 7.37. The van der Waals surface area contributed by atoms with Crippen molar-refractivity contribution in [3.8, 4) is 5.69 Å². The molecule has 1 aliphatic rings. The van der Waals surface area contributed by atoms with Crippen molar-refractivity contribution in [3.05, 3.63) is 42.2 Å². The molecule has 0 amide bonds. The van der Waals surface area contributed by atoms with Crippen molar-refractivity contribution >= 4 is 5.97 Å². The lowest BCUT2D eigenvalue weighted by Gasteiger charge is -2.02. The van der Waals surface area contributed by atoms with E-state index in [1.54, 1.807) is 18.2 Å². The summed E-state index contributed by atoms with van der Waals surface area (Å²) in [7, 11) is 0. The van der Waals surface area contributed by atoms with Crippen LogP contribution in [-0.2, 0) is 0 Å². The second-order valence-corrected chi connectivity index (χ2v) is 4.64. The number of aromatic carboxylic acids is 1. The number of hydrogen-bond acceptors (Lipinski definition) is 4. The van der Waals surface area contributed by atoms with Crippen molar-refractivity contribution in [2.24, 2.45) is 0 Å². The Labute approximate surface area is 117 Å². The van der Waals surface area contributed by atoms with Gasteiger partial charge >= 0.3 is 5.97 Å². The van der Waals surface area contributed by atoms with Crippen LogP contribution < -0.4 is 5.32 Å². The molecule has 20 heavy (non-hydrogen) atoms. The normalized spacial score (nSPS) is 17.4. The monoisotopic (exact) mass is 274 g/mol. The number of nitrogens with zero attached hydrogens (tertiary/aromatic N) is 3. The van der Waals surface area contributed by atoms with Gasteiger partial charge in [-0.3, -0.25) is 0 Å². The van der Waals surface area contributed by atoms with E-state index in [1.165, 1.54) is 42.6 Å². The molecule has 0 spiro atoms. The highest BCUT2D eigenvalue weighted by atomic mass is 16.4. The standard InChI is InChI=1S/C9H7N3O2.C5H11N/c13-9(14)7-3-1-2-4-8(7)12-10-5-6-11-12;1-5-3-2-4-6-5/h1-6H,(H,13,14);5-6H,2-4H2,1H3. The van der Waals surface area contributed by atoms with Crippen LogP contribution in [0.15, 0.2) is 36.7 Å². The summed E-state index contributed by atoms with van der Waals surface area (Å²) in [5.41, 5.74) is 0.647. The van der Waals surface area contributed by atoms with Crippen LogP contribution in [0.2, 0.25) is 0 Å². The van der Waals surface area contributed by atoms with Crippen LogP contribution in [0.25, 0.3) is 5.69 Å². The number of hydrogen-bond donors (Lipinski definition) is 2. The molecular formula is C14H18N4O2. The molecule has 2 heterocycles. The van der Waals surface area contributed by atoms with Crippen molar-refractivity contribution in [2.75, 3.05) is 6.54 Å². The molecule has 1 unspecified atom stereocenters. The molecule has 2 aromatic rings. The van der Waals surface area contributed by atoms with Crippen LogP contribution in [0.3, 0.4) is 0 Å². The summed E-state index contributed by atoms with van der Waals surface area (Å²) >= 11 is 0. The third-order valence-electron chi connectivity index (χ3n) is 3.08. The van der Waals surface area contributed by atoms with E-state index < -0.39 is 5.97 Å². The average Bonchev–Trinajstić information content (AvgIpc) is 3.12. The quantitative estimate of drug-likeness (QED) is 0.871. The molecule has 1 aliphatic heterocycles. The highest BCUT2D eigenvalue weighted by Gasteiger charge is 2.10. The number of aromatic nitrogens is 3. The van der Waals surface area contributed by atoms with Gasteiger partial charge < -0.3 is 10.4 Å². The number of carboxylic acids is 1. The maximum Gasteiger partial charge on any atom is 0.337 e. The van der Waals surface area contributed by atoms with E-state index >= 15 is 0 Å². The van der Waals surface area contributed by atoms with Crippen molar-refractivity contribution in [1.82, 2.24) is 20.3 Å². The molecule has 1 aromatic heterocycles. The number of nitrogens with one attached hydrogen (secondary N) is 1. The Morgan fingerprint density at radius 2 is 2.05 bits per heavy atom. The number of para-hydroxylation sites is 1. The first kappa shape index (κ1) is 14.2. The summed E-state index contributed by atoms with van der Waals surface area (Å²) in [5.74, 6) is -0.988. The van der Waals surface area contributed by atoms with Crippen LogP contribution >= 0.6 is 0 Å². The van der Waals surface area contributed by atoms with E-state index in [4.69, 9.17) is 5.11 Å². The van der Waals surface area contributed by atoms with Gasteiger partial charge in [-0.25, -0.2) is 4.79 Å². The molecule has 0 bridgehead atoms. The fourth-order valence-corrected chi connectivity index (χ4v) is 2.03. The minimum absolute atomic E-state index is 0.184. The molecule has 0 saturated carbocycles. The van der Waals surface area contributed by atoms with Crippen LogP contribution in [0, 0.1) is 0 Å². The molecule has 1 fully saturated rings. The largest absolute Gasteiger partial charge is 0.478 e. The fourth-order valence-electron chi connectivity index (χ4n) is 2.03. The molecule has 1 aromatic carbocycles. The predicted octanol–water partition coefficient (Wildman–Crippen LogP) is 1.72. The maximum absolute atomic E-state index is 10.8. The van der Waals surface area contributed by atoms with Crippen LogP contribution in [0.4, 0.5) is 0 Å². The van der Waals surface area contributed by atoms with Crippen molar-refractivity contribution in [2.45, 2.75) is 25.8 Å². The van der Waals surface area contributed by atoms with Gasteiger partial charge in [0.2, 0.25) is 0 Å². The summed E-state index contributed by atoms with van der Waals surface area (Å²) in [6.07, 6.45) is 5.75. The topological polar surface area (TPSA) is 80.0 Å². The second kappa shape index (κ2) is 6.81. The Morgan fingerprint density at radius 1 is 1.35 bits per heavy atom. The zero-order valence-corrected chi connectivity index (χ0v) is 11.4. The van der Waals surface area contributed by atoms with Gasteiger partial charge in [0.25, 0.3) is 0 Å². The third-order valence-corrected chi connectivity index (χ3v) is 3.08. The molecule has 2 N–H and O–H groups in total. The van der Waals surface area contributed by atoms with E-state index in [-0.39, 0.29) is 5.56 Å². The maximum atomic E-state index is 10.8. The lowest BCUT2D eigenvalue weighted by atomic mass is 10.2. The first-order valence-electron chi connectivity index (χ1n) is 6.61. The van der Waals surface area contributed by atoms with Gasteiger partial charge in [0.1, 0.15) is 5.69 Å². The highest BCUT2D eigenvalue weighted by molar-refractivity contribution is 5.91. The molecule has 0 aliphatic carbocycles. The first-order valence-corrected chi connectivity index (χ1v) is 6.61. The first-order chi connectivity index (χ1) is 9.68. The van der Waals surface area contributed by atoms with E-state index in [9.17, 15) is 4.79 Å². The molecular weight excluding hydrogens is 256 g/mol. The average molecular weight is 274 g/mol. The van der Waals surface area contributed by atoms with Gasteiger partial charge in [0.05, 0.1) is 18.0 Å². The lowest BCUT2D eigenvalue weighted by molar-refractivity contribution is 0.0696. The number of benzene rings is 1. The van der Waals surface area contributed by atoms with E-state index in [0.29, 0.717) is 5.69 Å². The second-order valence-electron chi connectivity index (χ2n) is 4.64. The van der Waals surface area contributed by atoms with Gasteiger partial charge in [0, 0.05) is 6.04 Å². The van der Waals surface area contributed by atoms with Gasteiger partial charge in [-0.2, -0.15) is 15.0 Å². The van der Waals surface area contributed by atoms with Gasteiger partial charge in [-0.05, 0) is 38.4 Å². The predicted molar refractivity (Wildman–Crippen MR) is 75.0 cm³/mol. The molecule has 0 radical (unpaired) electrons. The number of carbonyl (C=O) groups is 1. The number of rotatable bonds is 2. The fraction of sp³-hybridized carbons (Fsp3) is 0.357. The molecule has 1 saturated heterocycles. The van der Waals surface area contributed by atoms with Crippen molar-refractivity contribution in [3.63, 3.8) is 0 Å². The molecule has 1 atom stereocenters. The molecule has 3 rings (SSSR count). The molecule has 6 nitrogen and oxygen atoms in total. The van der Waals surface area contributed by atoms with E-state index in [1.807, 2.05) is 0 Å². The SMILES string of the molecule is CC1CCCN1.O=C(O)c1ccccc1-n1nccn1. The molecule has 106 valence electrons. The summed E-state index contributed by atoms with van der Waals surface area (Å²) in [4.78, 5) is 12.1. The Balaban J connectivity index is 0.000000205. The van der Waals surface area contributed by atoms with Gasteiger partial charge in [0.15, 0.2) is 0 Å². The summed E-state index contributed by atoms with van der Waals surface area (Å²) in [6.45, 7) is 3.47. The third kappa shape index (κ3) is 3.64. The lowest BCUT2D eigenvalue weighted by Crippen LogP contribution is -2.16. The Kier molecular flexibility index (Phi) is 4.84. The minimum atomic E-state index is -0.988. The number of carboxylic acid groups (broad SMARTS) is 1. The van der Waals surface area contributed by atoms with Gasteiger partial charge in [-0.1, -0.05) is 12.1 Å². The Bertz CT molecular complexity index is 548. The van der Waals surface area contributed by atoms with Crippen LogP contribution in [-0.4, -0.2) is 38.7 Å². The van der Waals surface area contributed by atoms with Gasteiger partial charge in [-0.15, -0.1) is 0 Å². The van der Waals surface area contributed by atoms with Crippen molar-refractivity contribution in [1.29, 1.82) is 0 Å². The van der Waals surface area contributed by atoms with E-state index in [2.05, 4.69) is 22.4 Å². The minimum Gasteiger partial charge on any atom is -0.478 e. The zero-order valence-electron chi connectivity index (χ0n) is 11.4.